The molecular formula is C30H35N3O4. The fourth-order valence-corrected chi connectivity index (χ4v) is 4.67. The van der Waals surface area contributed by atoms with Crippen LogP contribution in [0.3, 0.4) is 0 Å². The normalized spacial score (nSPS) is 16.2. The van der Waals surface area contributed by atoms with E-state index in [4.69, 9.17) is 9.94 Å². The molecule has 7 nitrogen and oxygen atoms in total. The second-order valence-corrected chi connectivity index (χ2v) is 9.52. The molecule has 194 valence electrons. The predicted molar refractivity (Wildman–Crippen MR) is 143 cm³/mol. The van der Waals surface area contributed by atoms with Gasteiger partial charge in [0.15, 0.2) is 0 Å². The standard InChI is InChI=1S/C30H35N3O4/c1-2-3-4-9-29(34)37-19-18-33(17-16-24-20-31-28-8-6-5-7-26(24)28)21-22-10-12-23(13-11-22)25-14-15-27(25)30(35)32-36/h5-8,10-13,20,25,27,31,36H,2-4,9,16-19,21H2,1H3,(H,32,35). The van der Waals surface area contributed by atoms with E-state index in [2.05, 4.69) is 65.2 Å². The smallest absolute Gasteiger partial charge is 0.305 e. The molecule has 1 aliphatic carbocycles. The van der Waals surface area contributed by atoms with Gasteiger partial charge < -0.3 is 9.72 Å². The topological polar surface area (TPSA) is 94.7 Å². The van der Waals surface area contributed by atoms with Gasteiger partial charge in [0.25, 0.3) is 5.91 Å². The summed E-state index contributed by atoms with van der Waals surface area (Å²) in [5.74, 6) is 4.50. The number of esters is 1. The molecular weight excluding hydrogens is 466 g/mol. The van der Waals surface area contributed by atoms with E-state index in [9.17, 15) is 9.59 Å². The van der Waals surface area contributed by atoms with Gasteiger partial charge in [-0.15, -0.1) is 0 Å². The zero-order chi connectivity index (χ0) is 26.0. The molecule has 0 aliphatic heterocycles. The Bertz CT molecular complexity index is 1260. The predicted octanol–water partition coefficient (Wildman–Crippen LogP) is 4.56. The summed E-state index contributed by atoms with van der Waals surface area (Å²) in [6.07, 6.45) is 6.42. The first kappa shape index (κ1) is 26.5. The fraction of sp³-hybridized carbons (Fsp3) is 0.400. The largest absolute Gasteiger partial charge is 0.464 e. The van der Waals surface area contributed by atoms with Gasteiger partial charge in [0, 0.05) is 43.2 Å². The minimum Gasteiger partial charge on any atom is -0.464 e. The van der Waals surface area contributed by atoms with Gasteiger partial charge >= 0.3 is 5.97 Å². The Morgan fingerprint density at radius 2 is 1.89 bits per heavy atom. The van der Waals surface area contributed by atoms with Crippen molar-refractivity contribution in [1.82, 2.24) is 15.4 Å². The van der Waals surface area contributed by atoms with E-state index in [1.54, 1.807) is 5.48 Å². The highest BCUT2D eigenvalue weighted by Gasteiger charge is 2.32. The van der Waals surface area contributed by atoms with E-state index < -0.39 is 11.8 Å². The van der Waals surface area contributed by atoms with Crippen LogP contribution in [-0.2, 0) is 27.3 Å². The molecule has 3 aromatic rings. The highest BCUT2D eigenvalue weighted by Crippen LogP contribution is 2.30. The molecule has 1 aromatic heterocycles. The molecule has 3 N–H and O–H groups in total. The van der Waals surface area contributed by atoms with Crippen molar-refractivity contribution in [1.29, 1.82) is 0 Å². The highest BCUT2D eigenvalue weighted by atomic mass is 16.5. The summed E-state index contributed by atoms with van der Waals surface area (Å²) in [4.78, 5) is 29.5. The number of carbonyl (C=O) groups excluding carboxylic acids is 2. The number of nitrogens with one attached hydrogen (secondary N) is 2. The maximum absolute atomic E-state index is 12.1. The Kier molecular flexibility index (Phi) is 9.36. The van der Waals surface area contributed by atoms with E-state index in [0.29, 0.717) is 26.1 Å². The van der Waals surface area contributed by atoms with Crippen molar-refractivity contribution < 1.29 is 19.5 Å². The van der Waals surface area contributed by atoms with E-state index in [0.717, 1.165) is 48.9 Å². The van der Waals surface area contributed by atoms with Crippen LogP contribution in [-0.4, -0.2) is 46.7 Å². The zero-order valence-corrected chi connectivity index (χ0v) is 21.3. The van der Waals surface area contributed by atoms with Gasteiger partial charge in [0.1, 0.15) is 12.5 Å². The number of unbranched alkanes of at least 4 members (excludes halogenated alkanes) is 2. The number of hydrogen-bond donors (Lipinski definition) is 3. The van der Waals surface area contributed by atoms with Gasteiger partial charge in [0.05, 0.1) is 5.92 Å². The molecule has 0 bridgehead atoms. The number of H-pyrrole nitrogens is 1. The molecule has 0 fully saturated rings. The van der Waals surface area contributed by atoms with E-state index in [1.807, 2.05) is 18.2 Å². The molecule has 1 aliphatic rings. The number of aromatic amines is 1. The van der Waals surface area contributed by atoms with Crippen LogP contribution in [0, 0.1) is 17.8 Å². The highest BCUT2D eigenvalue weighted by molar-refractivity contribution is 5.84. The van der Waals surface area contributed by atoms with Gasteiger partial charge in [0.2, 0.25) is 0 Å². The van der Waals surface area contributed by atoms with Gasteiger partial charge in [-0.05, 0) is 35.6 Å². The molecule has 0 radical (unpaired) electrons. The van der Waals surface area contributed by atoms with Crippen LogP contribution in [0.4, 0.5) is 0 Å². The summed E-state index contributed by atoms with van der Waals surface area (Å²) in [6, 6.07) is 16.4. The van der Waals surface area contributed by atoms with Crippen molar-refractivity contribution in [2.75, 3.05) is 19.7 Å². The van der Waals surface area contributed by atoms with Crippen molar-refractivity contribution in [3.8, 4) is 11.8 Å². The molecule has 0 spiro atoms. The van der Waals surface area contributed by atoms with Crippen LogP contribution in [0.5, 0.6) is 0 Å². The quantitative estimate of drug-likeness (QED) is 0.0990. The Balaban J connectivity index is 1.37. The number of fused-ring (bicyclic) bond motifs is 1. The summed E-state index contributed by atoms with van der Waals surface area (Å²) >= 11 is 0. The van der Waals surface area contributed by atoms with Crippen LogP contribution in [0.15, 0.2) is 54.7 Å². The number of hydroxylamine groups is 1. The summed E-state index contributed by atoms with van der Waals surface area (Å²) in [5, 5.41) is 10.1. The van der Waals surface area contributed by atoms with Crippen LogP contribution in [0.25, 0.3) is 10.9 Å². The van der Waals surface area contributed by atoms with Crippen LogP contribution in [0.2, 0.25) is 0 Å². The first-order chi connectivity index (χ1) is 18.1. The van der Waals surface area contributed by atoms with Gasteiger partial charge in [-0.2, -0.15) is 0 Å². The molecule has 1 amide bonds. The number of para-hydroxylation sites is 1. The number of ether oxygens (including phenoxy) is 1. The minimum atomic E-state index is -0.518. The van der Waals surface area contributed by atoms with Crippen LogP contribution in [0.1, 0.15) is 55.2 Å². The lowest BCUT2D eigenvalue weighted by atomic mass is 9.79. The van der Waals surface area contributed by atoms with E-state index >= 15 is 0 Å². The summed E-state index contributed by atoms with van der Waals surface area (Å²) in [5.41, 5.74) is 6.19. The summed E-state index contributed by atoms with van der Waals surface area (Å²) in [6.45, 7) is 4.67. The summed E-state index contributed by atoms with van der Waals surface area (Å²) in [7, 11) is 0. The van der Waals surface area contributed by atoms with Gasteiger partial charge in [-0.3, -0.25) is 19.7 Å². The fourth-order valence-electron chi connectivity index (χ4n) is 4.67. The third-order valence-electron chi connectivity index (χ3n) is 6.89. The molecule has 4 rings (SSSR count). The number of carbonyl (C=O) groups is 2. The van der Waals surface area contributed by atoms with Crippen molar-refractivity contribution >= 4 is 22.8 Å². The number of hydrogen-bond acceptors (Lipinski definition) is 5. The first-order valence-corrected chi connectivity index (χ1v) is 13.1. The average Bonchev–Trinajstić information content (AvgIpc) is 3.30. The Hall–Kier alpha value is -3.60. The molecule has 2 atom stereocenters. The number of nitrogens with zero attached hydrogens (tertiary/aromatic N) is 1. The van der Waals surface area contributed by atoms with E-state index in [1.165, 1.54) is 10.9 Å². The molecule has 7 heteroatoms. The number of benzene rings is 2. The number of amides is 1. The Labute approximate surface area is 218 Å². The van der Waals surface area contributed by atoms with Crippen molar-refractivity contribution in [2.24, 2.45) is 5.92 Å². The monoisotopic (exact) mass is 501 g/mol. The zero-order valence-electron chi connectivity index (χ0n) is 21.3. The third kappa shape index (κ3) is 7.00. The van der Waals surface area contributed by atoms with Gasteiger partial charge in [-0.1, -0.05) is 74.1 Å². The maximum atomic E-state index is 12.1. The lowest BCUT2D eigenvalue weighted by molar-refractivity contribution is -0.144. The van der Waals surface area contributed by atoms with Crippen molar-refractivity contribution in [3.63, 3.8) is 0 Å². The molecule has 0 saturated heterocycles. The lowest BCUT2D eigenvalue weighted by Crippen LogP contribution is -2.34. The van der Waals surface area contributed by atoms with Crippen molar-refractivity contribution in [3.05, 3.63) is 71.4 Å². The maximum Gasteiger partial charge on any atom is 0.305 e. The number of rotatable bonds is 14. The SMILES string of the molecule is CCCCCC(=O)OCCN(CCc1c[nH]c2ccccc12)Cc1ccc(C2C#CC2C(=O)NO)cc1. The minimum absolute atomic E-state index is 0.127. The number of aromatic nitrogens is 1. The van der Waals surface area contributed by atoms with Gasteiger partial charge in [-0.25, -0.2) is 5.48 Å². The Morgan fingerprint density at radius 1 is 1.08 bits per heavy atom. The second kappa shape index (κ2) is 13.1. The van der Waals surface area contributed by atoms with E-state index in [-0.39, 0.29) is 11.9 Å². The first-order valence-electron chi connectivity index (χ1n) is 13.1. The van der Waals surface area contributed by atoms with Crippen LogP contribution >= 0.6 is 0 Å². The van der Waals surface area contributed by atoms with Crippen molar-refractivity contribution in [2.45, 2.75) is 51.5 Å². The molecule has 37 heavy (non-hydrogen) atoms. The average molecular weight is 502 g/mol. The third-order valence-corrected chi connectivity index (χ3v) is 6.89. The molecule has 0 saturated carbocycles. The Morgan fingerprint density at radius 3 is 2.62 bits per heavy atom. The summed E-state index contributed by atoms with van der Waals surface area (Å²) < 4.78 is 5.52. The molecule has 1 heterocycles. The second-order valence-electron chi connectivity index (χ2n) is 9.52. The lowest BCUT2D eigenvalue weighted by Gasteiger charge is -2.24. The molecule has 2 unspecified atom stereocenters. The van der Waals surface area contributed by atoms with Crippen LogP contribution < -0.4 is 5.48 Å². The molecule has 2 aromatic carbocycles.